The lowest BCUT2D eigenvalue weighted by molar-refractivity contribution is -0.152. The largest absolute Gasteiger partial charge is 0.481 e. The van der Waals surface area contributed by atoms with Crippen LogP contribution in [0.3, 0.4) is 0 Å². The Labute approximate surface area is 104 Å². The normalized spacial score (nSPS) is 22.1. The maximum Gasteiger partial charge on any atom is 0.307 e. The van der Waals surface area contributed by atoms with E-state index in [0.717, 1.165) is 5.56 Å². The number of carbonyl (C=O) groups is 2. The molecule has 0 saturated heterocycles. The van der Waals surface area contributed by atoms with Gasteiger partial charge in [0.15, 0.2) is 0 Å². The lowest BCUT2D eigenvalue weighted by Crippen LogP contribution is -2.43. The molecule has 5 heteroatoms. The lowest BCUT2D eigenvalue weighted by Gasteiger charge is -2.31. The first-order chi connectivity index (χ1) is 8.58. The summed E-state index contributed by atoms with van der Waals surface area (Å²) in [7, 11) is 0. The first-order valence-electron chi connectivity index (χ1n) is 5.83. The van der Waals surface area contributed by atoms with Gasteiger partial charge < -0.3 is 10.4 Å². The predicted octanol–water partition coefficient (Wildman–Crippen LogP) is 1.55. The van der Waals surface area contributed by atoms with Gasteiger partial charge in [-0.25, -0.2) is 4.39 Å². The number of benzene rings is 1. The molecule has 0 aliphatic heterocycles. The molecule has 1 fully saturated rings. The maximum atomic E-state index is 12.7. The summed E-state index contributed by atoms with van der Waals surface area (Å²) in [6, 6.07) is 5.83. The Morgan fingerprint density at radius 1 is 1.22 bits per heavy atom. The highest BCUT2D eigenvalue weighted by Crippen LogP contribution is 2.34. The number of carboxylic acids is 1. The first kappa shape index (κ1) is 12.5. The van der Waals surface area contributed by atoms with Crippen molar-refractivity contribution in [3.05, 3.63) is 35.6 Å². The molecule has 1 aliphatic rings. The number of aliphatic carboxylic acids is 1. The third kappa shape index (κ3) is 2.67. The number of carbonyl (C=O) groups excluding carboxylic acids is 1. The van der Waals surface area contributed by atoms with Crippen LogP contribution in [0.4, 0.5) is 4.39 Å². The van der Waals surface area contributed by atoms with Crippen LogP contribution < -0.4 is 5.32 Å². The molecule has 0 spiro atoms. The summed E-state index contributed by atoms with van der Waals surface area (Å²) in [6.07, 6.45) is 1.18. The highest BCUT2D eigenvalue weighted by molar-refractivity contribution is 5.86. The molecule has 1 aromatic rings. The average Bonchev–Trinajstić information content (AvgIpc) is 2.26. The quantitative estimate of drug-likeness (QED) is 0.853. The number of hydrogen-bond acceptors (Lipinski definition) is 2. The zero-order valence-electron chi connectivity index (χ0n) is 9.73. The Kier molecular flexibility index (Phi) is 3.60. The second-order valence-corrected chi connectivity index (χ2v) is 4.47. The van der Waals surface area contributed by atoms with E-state index in [1.54, 1.807) is 12.1 Å². The van der Waals surface area contributed by atoms with Gasteiger partial charge in [-0.2, -0.15) is 0 Å². The van der Waals surface area contributed by atoms with Crippen molar-refractivity contribution in [1.29, 1.82) is 0 Å². The molecule has 4 nitrogen and oxygen atoms in total. The van der Waals surface area contributed by atoms with Gasteiger partial charge in [-0.05, 0) is 30.5 Å². The average molecular weight is 251 g/mol. The van der Waals surface area contributed by atoms with Crippen molar-refractivity contribution >= 4 is 11.9 Å². The molecule has 1 amide bonds. The number of hydrogen-bond donors (Lipinski definition) is 2. The molecule has 0 heterocycles. The second kappa shape index (κ2) is 5.16. The highest BCUT2D eigenvalue weighted by atomic mass is 19.1. The molecule has 1 aliphatic carbocycles. The summed E-state index contributed by atoms with van der Waals surface area (Å²) in [5.74, 6) is -2.46. The van der Waals surface area contributed by atoms with Gasteiger partial charge in [-0.1, -0.05) is 12.1 Å². The minimum atomic E-state index is -0.914. The lowest BCUT2D eigenvalue weighted by atomic mass is 9.73. The molecule has 2 N–H and O–H groups in total. The number of halogens is 1. The summed E-state index contributed by atoms with van der Waals surface area (Å²) >= 11 is 0. The predicted molar refractivity (Wildman–Crippen MR) is 62.1 cm³/mol. The zero-order chi connectivity index (χ0) is 13.1. The van der Waals surface area contributed by atoms with E-state index in [2.05, 4.69) is 5.32 Å². The molecule has 1 aromatic carbocycles. The van der Waals surface area contributed by atoms with Gasteiger partial charge in [0, 0.05) is 6.54 Å². The van der Waals surface area contributed by atoms with E-state index < -0.39 is 17.8 Å². The van der Waals surface area contributed by atoms with Crippen LogP contribution in [0, 0.1) is 17.7 Å². The van der Waals surface area contributed by atoms with Crippen LogP contribution in [0.15, 0.2) is 24.3 Å². The van der Waals surface area contributed by atoms with Crippen molar-refractivity contribution in [3.8, 4) is 0 Å². The van der Waals surface area contributed by atoms with Crippen LogP contribution in [0.1, 0.15) is 18.4 Å². The molecule has 2 unspecified atom stereocenters. The molecule has 1 saturated carbocycles. The van der Waals surface area contributed by atoms with Crippen LogP contribution in [0.2, 0.25) is 0 Å². The highest BCUT2D eigenvalue weighted by Gasteiger charge is 2.41. The fraction of sp³-hybridized carbons (Fsp3) is 0.385. The monoisotopic (exact) mass is 251 g/mol. The third-order valence-corrected chi connectivity index (χ3v) is 3.31. The van der Waals surface area contributed by atoms with Crippen LogP contribution in [0.25, 0.3) is 0 Å². The molecule has 18 heavy (non-hydrogen) atoms. The smallest absolute Gasteiger partial charge is 0.307 e. The molecule has 2 atom stereocenters. The van der Waals surface area contributed by atoms with E-state index in [4.69, 9.17) is 5.11 Å². The summed E-state index contributed by atoms with van der Waals surface area (Å²) in [6.45, 7) is 0.294. The van der Waals surface area contributed by atoms with Crippen LogP contribution >= 0.6 is 0 Å². The maximum absolute atomic E-state index is 12.7. The third-order valence-electron chi connectivity index (χ3n) is 3.31. The summed E-state index contributed by atoms with van der Waals surface area (Å²) in [4.78, 5) is 22.5. The minimum absolute atomic E-state index is 0.238. The second-order valence-electron chi connectivity index (χ2n) is 4.47. The molecule has 2 rings (SSSR count). The van der Waals surface area contributed by atoms with E-state index in [9.17, 15) is 14.0 Å². The van der Waals surface area contributed by atoms with Crippen molar-refractivity contribution < 1.29 is 19.1 Å². The Hall–Kier alpha value is -1.91. The van der Waals surface area contributed by atoms with Crippen LogP contribution in [0.5, 0.6) is 0 Å². The van der Waals surface area contributed by atoms with Crippen molar-refractivity contribution in [2.45, 2.75) is 19.4 Å². The molecule has 0 bridgehead atoms. The first-order valence-corrected chi connectivity index (χ1v) is 5.83. The van der Waals surface area contributed by atoms with Crippen molar-refractivity contribution in [1.82, 2.24) is 5.32 Å². The molecule has 96 valence electrons. The van der Waals surface area contributed by atoms with Gasteiger partial charge in [0.2, 0.25) is 5.91 Å². The Morgan fingerprint density at radius 2 is 1.83 bits per heavy atom. The molecule has 0 radical (unpaired) electrons. The van der Waals surface area contributed by atoms with Crippen LogP contribution in [-0.2, 0) is 16.1 Å². The van der Waals surface area contributed by atoms with Gasteiger partial charge in [-0.15, -0.1) is 0 Å². The number of amides is 1. The van der Waals surface area contributed by atoms with Gasteiger partial charge in [0.25, 0.3) is 0 Å². The molecular weight excluding hydrogens is 237 g/mol. The number of nitrogens with one attached hydrogen (secondary N) is 1. The summed E-state index contributed by atoms with van der Waals surface area (Å²) < 4.78 is 12.7. The summed E-state index contributed by atoms with van der Waals surface area (Å²) in [5.41, 5.74) is 0.788. The van der Waals surface area contributed by atoms with Gasteiger partial charge in [-0.3, -0.25) is 9.59 Å². The Bertz CT molecular complexity index is 458. The fourth-order valence-electron chi connectivity index (χ4n) is 2.03. The van der Waals surface area contributed by atoms with E-state index in [-0.39, 0.29) is 11.7 Å². The van der Waals surface area contributed by atoms with Gasteiger partial charge in [0.1, 0.15) is 5.82 Å². The molecular formula is C13H14FNO3. The van der Waals surface area contributed by atoms with Crippen molar-refractivity contribution in [3.63, 3.8) is 0 Å². The van der Waals surface area contributed by atoms with E-state index >= 15 is 0 Å². The topological polar surface area (TPSA) is 66.4 Å². The van der Waals surface area contributed by atoms with Gasteiger partial charge >= 0.3 is 5.97 Å². The van der Waals surface area contributed by atoms with E-state index in [1.807, 2.05) is 0 Å². The zero-order valence-corrected chi connectivity index (χ0v) is 9.73. The van der Waals surface area contributed by atoms with Gasteiger partial charge in [0.05, 0.1) is 11.8 Å². The summed E-state index contributed by atoms with van der Waals surface area (Å²) in [5, 5.41) is 11.5. The van der Waals surface area contributed by atoms with E-state index in [1.165, 1.54) is 12.1 Å². The standard InChI is InChI=1S/C13H14FNO3/c14-9-3-1-8(2-4-9)7-15-12(16)10-5-6-11(10)13(17)18/h1-4,10-11H,5-7H2,(H,15,16)(H,17,18). The van der Waals surface area contributed by atoms with E-state index in [0.29, 0.717) is 19.4 Å². The minimum Gasteiger partial charge on any atom is -0.481 e. The van der Waals surface area contributed by atoms with Crippen LogP contribution in [-0.4, -0.2) is 17.0 Å². The number of carboxylic acid groups (broad SMARTS) is 1. The Morgan fingerprint density at radius 3 is 2.33 bits per heavy atom. The molecule has 0 aromatic heterocycles. The Balaban J connectivity index is 1.85. The van der Waals surface area contributed by atoms with Crippen molar-refractivity contribution in [2.24, 2.45) is 11.8 Å². The SMILES string of the molecule is O=C(O)C1CCC1C(=O)NCc1ccc(F)cc1. The fourth-order valence-corrected chi connectivity index (χ4v) is 2.03. The van der Waals surface area contributed by atoms with Crippen molar-refractivity contribution in [2.75, 3.05) is 0 Å². The number of rotatable bonds is 4.